The van der Waals surface area contributed by atoms with Crippen molar-refractivity contribution in [2.75, 3.05) is 5.32 Å². The van der Waals surface area contributed by atoms with Gasteiger partial charge < -0.3 is 5.32 Å². The van der Waals surface area contributed by atoms with E-state index in [2.05, 4.69) is 22.5 Å². The summed E-state index contributed by atoms with van der Waals surface area (Å²) in [5.74, 6) is 0.486. The Hall–Kier alpha value is -2.99. The van der Waals surface area contributed by atoms with Gasteiger partial charge in [-0.15, -0.1) is 0 Å². The second-order valence-corrected chi connectivity index (χ2v) is 8.70. The predicted molar refractivity (Wildman–Crippen MR) is 117 cm³/mol. The molecule has 0 bridgehead atoms. The van der Waals surface area contributed by atoms with Crippen molar-refractivity contribution in [1.82, 2.24) is 14.8 Å². The minimum atomic E-state index is -0.150. The standard InChI is InChI=1S/C23H22N4OS/c1-14-7-9-16(10-8-14)22(28)25-21-11-15(2)26-27(21)23-24-19-12-17-5-3-4-6-18(17)13-20(19)29-23/h7-13H,3-6H2,1-2H3,(H,25,28). The molecule has 1 aliphatic rings. The minimum Gasteiger partial charge on any atom is -0.306 e. The molecule has 1 aliphatic carbocycles. The molecular formula is C23H22N4OS. The third-order valence-electron chi connectivity index (χ3n) is 5.41. The Morgan fingerprint density at radius 2 is 1.76 bits per heavy atom. The molecule has 2 heterocycles. The number of aryl methyl sites for hydroxylation is 4. The van der Waals surface area contributed by atoms with Crippen molar-refractivity contribution < 1.29 is 4.79 Å². The van der Waals surface area contributed by atoms with Gasteiger partial charge in [-0.25, -0.2) is 4.98 Å². The quantitative estimate of drug-likeness (QED) is 0.510. The van der Waals surface area contributed by atoms with Crippen LogP contribution in [0.25, 0.3) is 15.3 Å². The molecule has 0 radical (unpaired) electrons. The Morgan fingerprint density at radius 3 is 2.52 bits per heavy atom. The average Bonchev–Trinajstić information content (AvgIpc) is 3.28. The largest absolute Gasteiger partial charge is 0.306 e. The highest BCUT2D eigenvalue weighted by atomic mass is 32.1. The highest BCUT2D eigenvalue weighted by molar-refractivity contribution is 7.20. The summed E-state index contributed by atoms with van der Waals surface area (Å²) in [5.41, 5.74) is 6.46. The van der Waals surface area contributed by atoms with Crippen LogP contribution in [0.15, 0.2) is 42.5 Å². The predicted octanol–water partition coefficient (Wildman–Crippen LogP) is 5.23. The Labute approximate surface area is 173 Å². The number of thiazole rings is 1. The number of anilines is 1. The molecule has 1 amide bonds. The van der Waals surface area contributed by atoms with Crippen molar-refractivity contribution in [2.24, 2.45) is 0 Å². The molecule has 6 heteroatoms. The molecule has 29 heavy (non-hydrogen) atoms. The maximum Gasteiger partial charge on any atom is 0.256 e. The third-order valence-corrected chi connectivity index (χ3v) is 6.40. The molecular weight excluding hydrogens is 380 g/mol. The highest BCUT2D eigenvalue weighted by Gasteiger charge is 2.17. The number of aromatic nitrogens is 3. The summed E-state index contributed by atoms with van der Waals surface area (Å²) in [6.45, 7) is 3.93. The zero-order chi connectivity index (χ0) is 20.0. The molecule has 2 aromatic carbocycles. The summed E-state index contributed by atoms with van der Waals surface area (Å²) in [6, 6.07) is 13.9. The number of nitrogens with one attached hydrogen (secondary N) is 1. The fourth-order valence-electron chi connectivity index (χ4n) is 3.86. The molecule has 0 atom stereocenters. The first kappa shape index (κ1) is 18.1. The number of hydrogen-bond donors (Lipinski definition) is 1. The molecule has 0 unspecified atom stereocenters. The lowest BCUT2D eigenvalue weighted by Crippen LogP contribution is -2.15. The number of fused-ring (bicyclic) bond motifs is 2. The zero-order valence-corrected chi connectivity index (χ0v) is 17.3. The molecule has 1 N–H and O–H groups in total. The number of carbonyl (C=O) groups excluding carboxylic acids is 1. The Bertz CT molecular complexity index is 1180. The van der Waals surface area contributed by atoms with Gasteiger partial charge >= 0.3 is 0 Å². The van der Waals surface area contributed by atoms with Gasteiger partial charge in [0.05, 0.1) is 15.9 Å². The first-order valence-corrected chi connectivity index (χ1v) is 10.8. The van der Waals surface area contributed by atoms with Crippen LogP contribution in [0.3, 0.4) is 0 Å². The zero-order valence-electron chi connectivity index (χ0n) is 16.5. The Kier molecular flexibility index (Phi) is 4.43. The summed E-state index contributed by atoms with van der Waals surface area (Å²) in [7, 11) is 0. The van der Waals surface area contributed by atoms with Gasteiger partial charge in [0.2, 0.25) is 5.13 Å². The third kappa shape index (κ3) is 3.44. The van der Waals surface area contributed by atoms with Gasteiger partial charge in [0.1, 0.15) is 5.82 Å². The number of benzene rings is 2. The summed E-state index contributed by atoms with van der Waals surface area (Å²) in [6.07, 6.45) is 4.80. The lowest BCUT2D eigenvalue weighted by molar-refractivity contribution is 0.102. The van der Waals surface area contributed by atoms with E-state index in [1.165, 1.54) is 28.7 Å². The molecule has 0 fully saturated rings. The van der Waals surface area contributed by atoms with E-state index in [0.29, 0.717) is 11.4 Å². The van der Waals surface area contributed by atoms with E-state index < -0.39 is 0 Å². The maximum absolute atomic E-state index is 12.7. The van der Waals surface area contributed by atoms with Crippen molar-refractivity contribution in [3.63, 3.8) is 0 Å². The van der Waals surface area contributed by atoms with Crippen LogP contribution < -0.4 is 5.32 Å². The molecule has 4 aromatic rings. The first-order valence-electron chi connectivity index (χ1n) is 9.94. The van der Waals surface area contributed by atoms with Gasteiger partial charge in [0.15, 0.2) is 0 Å². The topological polar surface area (TPSA) is 59.8 Å². The van der Waals surface area contributed by atoms with Crippen molar-refractivity contribution in [1.29, 1.82) is 0 Å². The van der Waals surface area contributed by atoms with Gasteiger partial charge in [-0.05, 0) is 74.9 Å². The van der Waals surface area contributed by atoms with E-state index in [1.54, 1.807) is 16.0 Å². The molecule has 5 nitrogen and oxygen atoms in total. The SMILES string of the molecule is Cc1ccc(C(=O)Nc2cc(C)nn2-c2nc3cc4c(cc3s2)CCCC4)cc1. The van der Waals surface area contributed by atoms with Crippen molar-refractivity contribution >= 4 is 33.3 Å². The van der Waals surface area contributed by atoms with Gasteiger partial charge in [-0.2, -0.15) is 9.78 Å². The molecule has 0 saturated heterocycles. The van der Waals surface area contributed by atoms with E-state index in [1.807, 2.05) is 44.2 Å². The second kappa shape index (κ2) is 7.12. The van der Waals surface area contributed by atoms with E-state index >= 15 is 0 Å². The van der Waals surface area contributed by atoms with E-state index in [0.717, 1.165) is 34.7 Å². The average molecular weight is 403 g/mol. The van der Waals surface area contributed by atoms with Gasteiger partial charge in [-0.1, -0.05) is 29.0 Å². The van der Waals surface area contributed by atoms with Crippen LogP contribution in [0.5, 0.6) is 0 Å². The lowest BCUT2D eigenvalue weighted by Gasteiger charge is -2.14. The number of rotatable bonds is 3. The van der Waals surface area contributed by atoms with Crippen molar-refractivity contribution in [2.45, 2.75) is 39.5 Å². The number of hydrogen-bond acceptors (Lipinski definition) is 4. The van der Waals surface area contributed by atoms with Gasteiger partial charge in [-0.3, -0.25) is 4.79 Å². The van der Waals surface area contributed by atoms with Crippen LogP contribution in [0, 0.1) is 13.8 Å². The van der Waals surface area contributed by atoms with Crippen LogP contribution in [-0.2, 0) is 12.8 Å². The van der Waals surface area contributed by atoms with E-state index in [9.17, 15) is 4.79 Å². The van der Waals surface area contributed by atoms with Crippen LogP contribution >= 0.6 is 11.3 Å². The normalized spacial score (nSPS) is 13.4. The molecule has 146 valence electrons. The van der Waals surface area contributed by atoms with E-state index in [-0.39, 0.29) is 5.91 Å². The Morgan fingerprint density at radius 1 is 1.03 bits per heavy atom. The minimum absolute atomic E-state index is 0.150. The number of nitrogens with zero attached hydrogens (tertiary/aromatic N) is 3. The van der Waals surface area contributed by atoms with Crippen LogP contribution in [0.1, 0.15) is 45.6 Å². The molecule has 5 rings (SSSR count). The second-order valence-electron chi connectivity index (χ2n) is 7.70. The van der Waals surface area contributed by atoms with Gasteiger partial charge in [0, 0.05) is 11.6 Å². The number of carbonyl (C=O) groups is 1. The molecule has 0 aliphatic heterocycles. The monoisotopic (exact) mass is 402 g/mol. The van der Waals surface area contributed by atoms with Crippen LogP contribution in [0.2, 0.25) is 0 Å². The summed E-state index contributed by atoms with van der Waals surface area (Å²) in [5, 5.41) is 8.35. The summed E-state index contributed by atoms with van der Waals surface area (Å²) < 4.78 is 2.91. The lowest BCUT2D eigenvalue weighted by atomic mass is 9.92. The summed E-state index contributed by atoms with van der Waals surface area (Å²) in [4.78, 5) is 17.5. The fraction of sp³-hybridized carbons (Fsp3) is 0.261. The van der Waals surface area contributed by atoms with Crippen molar-refractivity contribution in [3.8, 4) is 5.13 Å². The molecule has 2 aromatic heterocycles. The highest BCUT2D eigenvalue weighted by Crippen LogP contribution is 2.32. The van der Waals surface area contributed by atoms with Crippen LogP contribution in [0.4, 0.5) is 5.82 Å². The van der Waals surface area contributed by atoms with Crippen LogP contribution in [-0.4, -0.2) is 20.7 Å². The molecule has 0 spiro atoms. The van der Waals surface area contributed by atoms with Crippen molar-refractivity contribution in [3.05, 3.63) is 70.4 Å². The fourth-order valence-corrected chi connectivity index (χ4v) is 4.84. The number of amides is 1. The smallest absolute Gasteiger partial charge is 0.256 e. The van der Waals surface area contributed by atoms with E-state index in [4.69, 9.17) is 4.98 Å². The van der Waals surface area contributed by atoms with Gasteiger partial charge in [0.25, 0.3) is 5.91 Å². The molecule has 0 saturated carbocycles. The summed E-state index contributed by atoms with van der Waals surface area (Å²) >= 11 is 1.61. The maximum atomic E-state index is 12.7. The first-order chi connectivity index (χ1) is 14.1. The Balaban J connectivity index is 1.50.